The second-order valence-electron chi connectivity index (χ2n) is 3.86. The number of nitrogens with two attached hydrogens (primary N) is 1. The maximum atomic E-state index is 5.48. The van der Waals surface area contributed by atoms with Gasteiger partial charge in [0, 0.05) is 6.61 Å². The Kier molecular flexibility index (Phi) is 3.60. The Morgan fingerprint density at radius 1 is 1.47 bits per heavy atom. The van der Waals surface area contributed by atoms with Crippen LogP contribution in [0.1, 0.15) is 13.3 Å². The van der Waals surface area contributed by atoms with E-state index in [-0.39, 0.29) is 12.1 Å². The Balaban J connectivity index is 2.19. The molecule has 0 amide bonds. The molecule has 4 N–H and O–H groups in total. The van der Waals surface area contributed by atoms with Crippen LogP contribution in [0, 0.1) is 0 Å². The van der Waals surface area contributed by atoms with Crippen LogP contribution in [0.4, 0.5) is 11.6 Å². The molecule has 1 saturated heterocycles. The average Bonchev–Trinajstić information content (AvgIpc) is 2.74. The van der Waals surface area contributed by atoms with Gasteiger partial charge in [0.15, 0.2) is 11.6 Å². The van der Waals surface area contributed by atoms with Gasteiger partial charge in [0.2, 0.25) is 5.75 Å². The second kappa shape index (κ2) is 5.15. The maximum Gasteiger partial charge on any atom is 0.205 e. The molecule has 0 saturated carbocycles. The SMILES string of the molecule is COc1c(NN)ncnc1NC1CCOC1C. The first-order chi connectivity index (χ1) is 8.26. The van der Waals surface area contributed by atoms with Crippen molar-refractivity contribution in [3.8, 4) is 5.75 Å². The largest absolute Gasteiger partial charge is 0.490 e. The molecule has 1 aromatic rings. The summed E-state index contributed by atoms with van der Waals surface area (Å²) in [6.45, 7) is 2.79. The standard InChI is InChI=1S/C10H17N5O2/c1-6-7(3-4-17-6)14-9-8(16-2)10(15-11)13-5-12-9/h5-7H,3-4,11H2,1-2H3,(H2,12,13,14,15). The van der Waals surface area contributed by atoms with Gasteiger partial charge in [-0.3, -0.25) is 0 Å². The molecule has 94 valence electrons. The summed E-state index contributed by atoms with van der Waals surface area (Å²) in [6, 6.07) is 0.226. The van der Waals surface area contributed by atoms with Crippen molar-refractivity contribution in [3.05, 3.63) is 6.33 Å². The zero-order valence-electron chi connectivity index (χ0n) is 9.93. The number of anilines is 2. The van der Waals surface area contributed by atoms with Gasteiger partial charge in [0.05, 0.1) is 19.3 Å². The third kappa shape index (κ3) is 2.40. The molecule has 7 nitrogen and oxygen atoms in total. The Morgan fingerprint density at radius 3 is 2.82 bits per heavy atom. The Bertz CT molecular complexity index is 387. The van der Waals surface area contributed by atoms with Gasteiger partial charge < -0.3 is 20.2 Å². The molecule has 1 aliphatic rings. The van der Waals surface area contributed by atoms with Crippen molar-refractivity contribution < 1.29 is 9.47 Å². The number of hydrogen-bond donors (Lipinski definition) is 3. The van der Waals surface area contributed by atoms with Gasteiger partial charge in [0.1, 0.15) is 6.33 Å². The number of nitrogens with one attached hydrogen (secondary N) is 2. The van der Waals surface area contributed by atoms with Gasteiger partial charge in [-0.25, -0.2) is 15.8 Å². The van der Waals surface area contributed by atoms with Gasteiger partial charge in [-0.05, 0) is 13.3 Å². The first-order valence-corrected chi connectivity index (χ1v) is 5.50. The average molecular weight is 239 g/mol. The van der Waals surface area contributed by atoms with Crippen molar-refractivity contribution in [2.45, 2.75) is 25.5 Å². The van der Waals surface area contributed by atoms with Crippen molar-refractivity contribution in [1.29, 1.82) is 0 Å². The predicted octanol–water partition coefficient (Wildman–Crippen LogP) is 0.360. The summed E-state index contributed by atoms with van der Waals surface area (Å²) in [4.78, 5) is 8.14. The number of rotatable bonds is 4. The lowest BCUT2D eigenvalue weighted by atomic mass is 10.1. The molecule has 1 fully saturated rings. The summed E-state index contributed by atoms with van der Waals surface area (Å²) in [5.41, 5.74) is 2.48. The number of ether oxygens (including phenoxy) is 2. The van der Waals surface area contributed by atoms with Crippen LogP contribution in [-0.2, 0) is 4.74 Å². The van der Waals surface area contributed by atoms with E-state index in [9.17, 15) is 0 Å². The second-order valence-corrected chi connectivity index (χ2v) is 3.86. The molecule has 7 heteroatoms. The third-order valence-electron chi connectivity index (χ3n) is 2.84. The zero-order valence-corrected chi connectivity index (χ0v) is 9.93. The lowest BCUT2D eigenvalue weighted by molar-refractivity contribution is 0.121. The minimum atomic E-state index is 0.156. The Labute approximate surface area is 99.7 Å². The van der Waals surface area contributed by atoms with Gasteiger partial charge >= 0.3 is 0 Å². The minimum absolute atomic E-state index is 0.156. The summed E-state index contributed by atoms with van der Waals surface area (Å²) in [7, 11) is 1.55. The van der Waals surface area contributed by atoms with Crippen LogP contribution >= 0.6 is 0 Å². The number of aromatic nitrogens is 2. The molecule has 1 aliphatic heterocycles. The van der Waals surface area contributed by atoms with E-state index in [0.29, 0.717) is 17.4 Å². The van der Waals surface area contributed by atoms with Crippen molar-refractivity contribution in [1.82, 2.24) is 9.97 Å². The fourth-order valence-electron chi connectivity index (χ4n) is 1.87. The first kappa shape index (κ1) is 11.9. The fourth-order valence-corrected chi connectivity index (χ4v) is 1.87. The maximum absolute atomic E-state index is 5.48. The lowest BCUT2D eigenvalue weighted by Crippen LogP contribution is -2.27. The molecule has 0 spiro atoms. The van der Waals surface area contributed by atoms with E-state index in [1.165, 1.54) is 6.33 Å². The molecule has 2 unspecified atom stereocenters. The lowest BCUT2D eigenvalue weighted by Gasteiger charge is -2.19. The summed E-state index contributed by atoms with van der Waals surface area (Å²) < 4.78 is 10.7. The summed E-state index contributed by atoms with van der Waals surface area (Å²) in [6.07, 6.45) is 2.53. The van der Waals surface area contributed by atoms with Crippen molar-refractivity contribution in [3.63, 3.8) is 0 Å². The van der Waals surface area contributed by atoms with E-state index >= 15 is 0 Å². The normalized spacial score (nSPS) is 23.5. The van der Waals surface area contributed by atoms with Crippen LogP contribution in [-0.4, -0.2) is 35.8 Å². The van der Waals surface area contributed by atoms with Gasteiger partial charge in [0.25, 0.3) is 0 Å². The smallest absolute Gasteiger partial charge is 0.205 e. The third-order valence-corrected chi connectivity index (χ3v) is 2.84. The van der Waals surface area contributed by atoms with E-state index in [0.717, 1.165) is 13.0 Å². The van der Waals surface area contributed by atoms with Crippen molar-refractivity contribution >= 4 is 11.6 Å². The van der Waals surface area contributed by atoms with E-state index in [4.69, 9.17) is 15.3 Å². The van der Waals surface area contributed by atoms with Crippen LogP contribution in [0.15, 0.2) is 6.33 Å². The summed E-state index contributed by atoms with van der Waals surface area (Å²) in [5.74, 6) is 6.94. The highest BCUT2D eigenvalue weighted by molar-refractivity contribution is 5.63. The van der Waals surface area contributed by atoms with E-state index in [1.807, 2.05) is 6.92 Å². The van der Waals surface area contributed by atoms with E-state index in [2.05, 4.69) is 20.7 Å². The molecule has 0 bridgehead atoms. The van der Waals surface area contributed by atoms with Gasteiger partial charge in [-0.2, -0.15) is 0 Å². The fraction of sp³-hybridized carbons (Fsp3) is 0.600. The Morgan fingerprint density at radius 2 is 2.24 bits per heavy atom. The van der Waals surface area contributed by atoms with Crippen molar-refractivity contribution in [2.24, 2.45) is 5.84 Å². The molecular weight excluding hydrogens is 222 g/mol. The van der Waals surface area contributed by atoms with Crippen LogP contribution in [0.2, 0.25) is 0 Å². The molecule has 2 rings (SSSR count). The van der Waals surface area contributed by atoms with Crippen LogP contribution in [0.3, 0.4) is 0 Å². The van der Waals surface area contributed by atoms with E-state index < -0.39 is 0 Å². The number of nitrogens with zero attached hydrogens (tertiary/aromatic N) is 2. The quantitative estimate of drug-likeness (QED) is 0.516. The minimum Gasteiger partial charge on any atom is -0.490 e. The molecule has 2 atom stereocenters. The molecule has 1 aromatic heterocycles. The van der Waals surface area contributed by atoms with Gasteiger partial charge in [-0.15, -0.1) is 0 Å². The van der Waals surface area contributed by atoms with E-state index in [1.54, 1.807) is 7.11 Å². The number of hydrogen-bond acceptors (Lipinski definition) is 7. The number of methoxy groups -OCH3 is 1. The molecule has 2 heterocycles. The summed E-state index contributed by atoms with van der Waals surface area (Å²) >= 11 is 0. The van der Waals surface area contributed by atoms with Crippen LogP contribution in [0.5, 0.6) is 5.75 Å². The van der Waals surface area contributed by atoms with Crippen molar-refractivity contribution in [2.75, 3.05) is 24.5 Å². The molecular formula is C10H17N5O2. The van der Waals surface area contributed by atoms with Crippen LogP contribution in [0.25, 0.3) is 0 Å². The monoisotopic (exact) mass is 239 g/mol. The van der Waals surface area contributed by atoms with Gasteiger partial charge in [-0.1, -0.05) is 0 Å². The highest BCUT2D eigenvalue weighted by Gasteiger charge is 2.26. The summed E-state index contributed by atoms with van der Waals surface area (Å²) in [5, 5.41) is 3.29. The molecule has 0 radical (unpaired) electrons. The molecule has 0 aromatic carbocycles. The van der Waals surface area contributed by atoms with Crippen LogP contribution < -0.4 is 21.3 Å². The number of nitrogen functional groups attached to an aromatic ring is 1. The first-order valence-electron chi connectivity index (χ1n) is 5.50. The highest BCUT2D eigenvalue weighted by Crippen LogP contribution is 2.30. The zero-order chi connectivity index (χ0) is 12.3. The highest BCUT2D eigenvalue weighted by atomic mass is 16.5. The predicted molar refractivity (Wildman–Crippen MR) is 63.8 cm³/mol. The molecule has 0 aliphatic carbocycles. The topological polar surface area (TPSA) is 94.3 Å². The number of hydrazine groups is 1. The molecule has 17 heavy (non-hydrogen) atoms. The Hall–Kier alpha value is -1.60.